The summed E-state index contributed by atoms with van der Waals surface area (Å²) in [5.41, 5.74) is 2.48. The number of rotatable bonds is 8. The van der Waals surface area contributed by atoms with Gasteiger partial charge >= 0.3 is 0 Å². The number of hydrogen-bond acceptors (Lipinski definition) is 3. The number of nitrogens with zero attached hydrogens (tertiary/aromatic N) is 2. The van der Waals surface area contributed by atoms with E-state index in [4.69, 9.17) is 9.73 Å². The Balaban J connectivity index is 0.00000364. The van der Waals surface area contributed by atoms with Gasteiger partial charge in [-0.05, 0) is 57.8 Å². The highest BCUT2D eigenvalue weighted by Gasteiger charge is 2.16. The van der Waals surface area contributed by atoms with E-state index in [1.54, 1.807) is 7.11 Å². The van der Waals surface area contributed by atoms with Gasteiger partial charge in [-0.3, -0.25) is 4.90 Å². The fraction of sp³-hybridized carbons (Fsp3) is 0.667. The van der Waals surface area contributed by atoms with Crippen molar-refractivity contribution in [2.24, 2.45) is 4.99 Å². The van der Waals surface area contributed by atoms with Gasteiger partial charge in [0.15, 0.2) is 5.96 Å². The van der Waals surface area contributed by atoms with Crippen molar-refractivity contribution in [2.75, 3.05) is 33.3 Å². The van der Waals surface area contributed by atoms with Crippen molar-refractivity contribution < 1.29 is 4.74 Å². The highest BCUT2D eigenvalue weighted by atomic mass is 127. The number of halogens is 1. The summed E-state index contributed by atoms with van der Waals surface area (Å²) in [6, 6.07) is 8.69. The minimum absolute atomic E-state index is 0. The zero-order valence-corrected chi connectivity index (χ0v) is 19.7. The molecule has 2 rings (SSSR count). The minimum Gasteiger partial charge on any atom is -0.377 e. The summed E-state index contributed by atoms with van der Waals surface area (Å²) in [7, 11) is 1.74. The monoisotopic (exact) mass is 488 g/mol. The molecule has 1 aromatic rings. The largest absolute Gasteiger partial charge is 0.377 e. The molecule has 1 aromatic carbocycles. The molecule has 1 aliphatic heterocycles. The second-order valence-corrected chi connectivity index (χ2v) is 7.62. The Labute approximate surface area is 182 Å². The summed E-state index contributed by atoms with van der Waals surface area (Å²) in [6.07, 6.45) is 4.02. The molecule has 1 fully saturated rings. The van der Waals surface area contributed by atoms with E-state index in [1.807, 2.05) is 0 Å². The molecule has 6 heteroatoms. The quantitative estimate of drug-likeness (QED) is 0.332. The van der Waals surface area contributed by atoms with Gasteiger partial charge in [-0.1, -0.05) is 30.7 Å². The first-order chi connectivity index (χ1) is 12.5. The van der Waals surface area contributed by atoms with Crippen molar-refractivity contribution >= 4 is 29.9 Å². The number of methoxy groups -OCH3 is 1. The first-order valence-electron chi connectivity index (χ1n) is 9.90. The van der Waals surface area contributed by atoms with Crippen LogP contribution in [0.2, 0.25) is 0 Å². The average Bonchev–Trinajstić information content (AvgIpc) is 2.66. The van der Waals surface area contributed by atoms with Crippen molar-refractivity contribution in [1.82, 2.24) is 15.5 Å². The number of aliphatic imine (C=N–C) groups is 1. The highest BCUT2D eigenvalue weighted by Crippen LogP contribution is 2.17. The van der Waals surface area contributed by atoms with Gasteiger partial charge in [-0.15, -0.1) is 24.0 Å². The fourth-order valence-corrected chi connectivity index (χ4v) is 3.10. The third-order valence-corrected chi connectivity index (χ3v) is 4.95. The third-order valence-electron chi connectivity index (χ3n) is 4.95. The van der Waals surface area contributed by atoms with Crippen molar-refractivity contribution in [3.63, 3.8) is 0 Å². The first kappa shape index (κ1) is 24.2. The zero-order chi connectivity index (χ0) is 18.8. The molecule has 0 spiro atoms. The van der Waals surface area contributed by atoms with E-state index in [2.05, 4.69) is 60.6 Å². The predicted molar refractivity (Wildman–Crippen MR) is 125 cm³/mol. The summed E-state index contributed by atoms with van der Waals surface area (Å²) < 4.78 is 5.48. The Morgan fingerprint density at radius 1 is 1.11 bits per heavy atom. The minimum atomic E-state index is -0.220. The Hall–Kier alpha value is -0.860. The van der Waals surface area contributed by atoms with Gasteiger partial charge in [0.2, 0.25) is 0 Å². The van der Waals surface area contributed by atoms with Crippen LogP contribution < -0.4 is 10.6 Å². The maximum atomic E-state index is 5.48. The molecule has 2 N–H and O–H groups in total. The Morgan fingerprint density at radius 3 is 2.41 bits per heavy atom. The fourth-order valence-electron chi connectivity index (χ4n) is 3.10. The molecule has 27 heavy (non-hydrogen) atoms. The van der Waals surface area contributed by atoms with Crippen LogP contribution in [0, 0.1) is 0 Å². The van der Waals surface area contributed by atoms with Crippen LogP contribution in [-0.4, -0.2) is 49.7 Å². The molecule has 1 aliphatic rings. The van der Waals surface area contributed by atoms with Crippen molar-refractivity contribution in [2.45, 2.75) is 58.7 Å². The third kappa shape index (κ3) is 8.79. The van der Waals surface area contributed by atoms with E-state index in [0.29, 0.717) is 13.1 Å². The summed E-state index contributed by atoms with van der Waals surface area (Å²) in [5, 5.41) is 6.71. The van der Waals surface area contributed by atoms with Crippen molar-refractivity contribution in [1.29, 1.82) is 0 Å². The van der Waals surface area contributed by atoms with E-state index in [9.17, 15) is 0 Å². The standard InChI is InChI=1S/C21H36N4O.HI/c1-5-22-20(24-17-21(2,3)26-4)23-15-18-11-7-8-12-19(18)16-25-13-9-6-10-14-25;/h7-8,11-12H,5-6,9-10,13-17H2,1-4H3,(H2,22,23,24);1H. The number of hydrogen-bond donors (Lipinski definition) is 2. The van der Waals surface area contributed by atoms with Crippen LogP contribution in [0.4, 0.5) is 0 Å². The molecule has 0 bridgehead atoms. The number of benzene rings is 1. The second kappa shape index (κ2) is 12.6. The van der Waals surface area contributed by atoms with Crippen molar-refractivity contribution in [3.05, 3.63) is 35.4 Å². The SMILES string of the molecule is CCNC(=NCc1ccccc1CN1CCCCC1)NCC(C)(C)OC.I. The van der Waals surface area contributed by atoms with Crippen LogP contribution in [0.3, 0.4) is 0 Å². The Morgan fingerprint density at radius 2 is 1.78 bits per heavy atom. The number of piperidine rings is 1. The average molecular weight is 488 g/mol. The lowest BCUT2D eigenvalue weighted by molar-refractivity contribution is 0.0268. The predicted octanol–water partition coefficient (Wildman–Crippen LogP) is 3.77. The summed E-state index contributed by atoms with van der Waals surface area (Å²) in [6.45, 7) is 11.9. The summed E-state index contributed by atoms with van der Waals surface area (Å²) in [5.74, 6) is 0.838. The van der Waals surface area contributed by atoms with E-state index >= 15 is 0 Å². The van der Waals surface area contributed by atoms with Crippen LogP contribution in [-0.2, 0) is 17.8 Å². The smallest absolute Gasteiger partial charge is 0.191 e. The van der Waals surface area contributed by atoms with Crippen LogP contribution >= 0.6 is 24.0 Å². The number of likely N-dealkylation sites (tertiary alicyclic amines) is 1. The molecule has 5 nitrogen and oxygen atoms in total. The van der Waals surface area contributed by atoms with Gasteiger partial charge in [0.1, 0.15) is 0 Å². The molecule has 1 saturated heterocycles. The van der Waals surface area contributed by atoms with E-state index < -0.39 is 0 Å². The normalized spacial score (nSPS) is 15.9. The van der Waals surface area contributed by atoms with E-state index in [0.717, 1.165) is 19.0 Å². The topological polar surface area (TPSA) is 48.9 Å². The lowest BCUT2D eigenvalue weighted by Gasteiger charge is -2.27. The number of ether oxygens (including phenoxy) is 1. The molecule has 154 valence electrons. The molecule has 0 saturated carbocycles. The van der Waals surface area contributed by atoms with Crippen LogP contribution in [0.5, 0.6) is 0 Å². The second-order valence-electron chi connectivity index (χ2n) is 7.62. The van der Waals surface area contributed by atoms with Crippen molar-refractivity contribution in [3.8, 4) is 0 Å². The van der Waals surface area contributed by atoms with Crippen LogP contribution in [0.1, 0.15) is 51.2 Å². The highest BCUT2D eigenvalue weighted by molar-refractivity contribution is 14.0. The molecular weight excluding hydrogens is 451 g/mol. The Bertz CT molecular complexity index is 571. The molecule has 0 aromatic heterocycles. The maximum absolute atomic E-state index is 5.48. The maximum Gasteiger partial charge on any atom is 0.191 e. The molecule has 0 unspecified atom stereocenters. The molecule has 0 atom stereocenters. The van der Waals surface area contributed by atoms with E-state index in [1.165, 1.54) is 43.5 Å². The zero-order valence-electron chi connectivity index (χ0n) is 17.4. The van der Waals surface area contributed by atoms with Crippen LogP contribution in [0.15, 0.2) is 29.3 Å². The van der Waals surface area contributed by atoms with Gasteiger partial charge in [0.05, 0.1) is 12.1 Å². The molecule has 0 aliphatic carbocycles. The van der Waals surface area contributed by atoms with Gasteiger partial charge in [0.25, 0.3) is 0 Å². The van der Waals surface area contributed by atoms with Gasteiger partial charge < -0.3 is 15.4 Å². The van der Waals surface area contributed by atoms with Gasteiger partial charge in [-0.2, -0.15) is 0 Å². The number of guanidine groups is 1. The van der Waals surface area contributed by atoms with Crippen LogP contribution in [0.25, 0.3) is 0 Å². The molecule has 0 radical (unpaired) electrons. The summed E-state index contributed by atoms with van der Waals surface area (Å²) >= 11 is 0. The van der Waals surface area contributed by atoms with E-state index in [-0.39, 0.29) is 29.6 Å². The molecular formula is C21H37IN4O. The lowest BCUT2D eigenvalue weighted by atomic mass is 10.1. The van der Waals surface area contributed by atoms with Gasteiger partial charge in [0, 0.05) is 26.7 Å². The molecule has 1 heterocycles. The Kier molecular flexibility index (Phi) is 11.3. The lowest BCUT2D eigenvalue weighted by Crippen LogP contribution is -2.45. The first-order valence-corrected chi connectivity index (χ1v) is 9.90. The molecule has 0 amide bonds. The number of nitrogens with one attached hydrogen (secondary N) is 2. The summed E-state index contributed by atoms with van der Waals surface area (Å²) in [4.78, 5) is 7.36. The van der Waals surface area contributed by atoms with Gasteiger partial charge in [-0.25, -0.2) is 4.99 Å².